The van der Waals surface area contributed by atoms with E-state index in [9.17, 15) is 9.59 Å². The number of thiazole rings is 1. The van der Waals surface area contributed by atoms with Crippen molar-refractivity contribution < 1.29 is 14.3 Å². The zero-order valence-corrected chi connectivity index (χ0v) is 20.0. The number of aromatic nitrogens is 5. The SMILES string of the molecule is CCOC(=O)Cc1csc(NC(=O)CSc2nnc(-n3nc(C)cc3C)c3ccccc23)n1. The largest absolute Gasteiger partial charge is 0.466 e. The topological polar surface area (TPSA) is 112 Å². The van der Waals surface area contributed by atoms with Crippen molar-refractivity contribution in [1.29, 1.82) is 0 Å². The molecule has 4 rings (SSSR count). The fourth-order valence-corrected chi connectivity index (χ4v) is 4.76. The number of hydrogen-bond acceptors (Lipinski definition) is 9. The molecule has 0 radical (unpaired) electrons. The highest BCUT2D eigenvalue weighted by Gasteiger charge is 2.16. The summed E-state index contributed by atoms with van der Waals surface area (Å²) in [6, 6.07) is 9.79. The van der Waals surface area contributed by atoms with E-state index >= 15 is 0 Å². The van der Waals surface area contributed by atoms with Gasteiger partial charge in [0.2, 0.25) is 5.91 Å². The maximum absolute atomic E-state index is 12.5. The van der Waals surface area contributed by atoms with E-state index in [4.69, 9.17) is 4.74 Å². The van der Waals surface area contributed by atoms with Gasteiger partial charge in [0, 0.05) is 21.8 Å². The molecule has 0 spiro atoms. The van der Waals surface area contributed by atoms with Crippen molar-refractivity contribution in [2.75, 3.05) is 17.7 Å². The van der Waals surface area contributed by atoms with Gasteiger partial charge in [0.1, 0.15) is 5.03 Å². The molecule has 0 saturated heterocycles. The number of nitrogens with one attached hydrogen (secondary N) is 1. The molecular formula is C22H22N6O3S2. The number of fused-ring (bicyclic) bond motifs is 1. The summed E-state index contributed by atoms with van der Waals surface area (Å²) >= 11 is 2.57. The van der Waals surface area contributed by atoms with Gasteiger partial charge in [0.05, 0.1) is 30.2 Å². The predicted octanol–water partition coefficient (Wildman–Crippen LogP) is 3.73. The second-order valence-electron chi connectivity index (χ2n) is 7.18. The number of ether oxygens (including phenoxy) is 1. The van der Waals surface area contributed by atoms with Crippen LogP contribution in [0.2, 0.25) is 0 Å². The lowest BCUT2D eigenvalue weighted by atomic mass is 10.2. The Morgan fingerprint density at radius 1 is 1.18 bits per heavy atom. The van der Waals surface area contributed by atoms with Crippen LogP contribution in [0.1, 0.15) is 24.0 Å². The van der Waals surface area contributed by atoms with Crippen LogP contribution in [-0.4, -0.2) is 49.2 Å². The van der Waals surface area contributed by atoms with Gasteiger partial charge in [-0.15, -0.1) is 21.5 Å². The summed E-state index contributed by atoms with van der Waals surface area (Å²) in [5, 5.41) is 20.7. The lowest BCUT2D eigenvalue weighted by Gasteiger charge is -2.10. The standard InChI is InChI=1S/C22H22N6O3S2/c1-4-31-19(30)10-15-11-33-22(23-15)24-18(29)12-32-21-17-8-6-5-7-16(17)20(25-26-21)28-14(3)9-13(2)27-28/h5-9,11H,4,10,12H2,1-3H3,(H,23,24,29). The van der Waals surface area contributed by atoms with E-state index in [1.54, 1.807) is 17.0 Å². The molecular weight excluding hydrogens is 460 g/mol. The Hall–Kier alpha value is -3.31. The van der Waals surface area contributed by atoms with E-state index in [0.717, 1.165) is 22.2 Å². The smallest absolute Gasteiger partial charge is 0.311 e. The van der Waals surface area contributed by atoms with Gasteiger partial charge >= 0.3 is 5.97 Å². The first kappa shape index (κ1) is 22.9. The molecule has 11 heteroatoms. The molecule has 1 amide bonds. The molecule has 0 saturated carbocycles. The molecule has 0 unspecified atom stereocenters. The number of hydrogen-bond donors (Lipinski definition) is 1. The first-order valence-electron chi connectivity index (χ1n) is 10.3. The van der Waals surface area contributed by atoms with Gasteiger partial charge < -0.3 is 10.1 Å². The third-order valence-corrected chi connectivity index (χ3v) is 6.40. The zero-order chi connectivity index (χ0) is 23.4. The molecule has 0 aliphatic carbocycles. The number of aryl methyl sites for hydroxylation is 2. The van der Waals surface area contributed by atoms with Crippen LogP contribution in [0.25, 0.3) is 16.6 Å². The third-order valence-electron chi connectivity index (χ3n) is 4.61. The summed E-state index contributed by atoms with van der Waals surface area (Å²) in [7, 11) is 0. The summed E-state index contributed by atoms with van der Waals surface area (Å²) in [6.45, 7) is 5.98. The molecule has 0 fully saturated rings. The van der Waals surface area contributed by atoms with Gasteiger partial charge in [0.15, 0.2) is 10.9 Å². The number of carbonyl (C=O) groups excluding carboxylic acids is 2. The fraction of sp³-hybridized carbons (Fsp3) is 0.273. The number of benzene rings is 1. The first-order chi connectivity index (χ1) is 15.9. The van der Waals surface area contributed by atoms with Gasteiger partial charge in [-0.05, 0) is 26.8 Å². The molecule has 1 aromatic carbocycles. The highest BCUT2D eigenvalue weighted by molar-refractivity contribution is 8.00. The quantitative estimate of drug-likeness (QED) is 0.299. The van der Waals surface area contributed by atoms with E-state index in [2.05, 4.69) is 25.6 Å². The molecule has 170 valence electrons. The van der Waals surface area contributed by atoms with Crippen LogP contribution < -0.4 is 5.32 Å². The molecule has 4 aromatic rings. The Balaban J connectivity index is 1.45. The highest BCUT2D eigenvalue weighted by atomic mass is 32.2. The second-order valence-corrected chi connectivity index (χ2v) is 9.00. The molecule has 3 heterocycles. The predicted molar refractivity (Wildman–Crippen MR) is 128 cm³/mol. The van der Waals surface area contributed by atoms with Crippen LogP contribution in [-0.2, 0) is 20.7 Å². The number of amides is 1. The third kappa shape index (κ3) is 5.37. The number of thioether (sulfide) groups is 1. The Morgan fingerprint density at radius 2 is 1.97 bits per heavy atom. The van der Waals surface area contributed by atoms with Crippen LogP contribution in [0.15, 0.2) is 40.7 Å². The number of nitrogens with zero attached hydrogens (tertiary/aromatic N) is 5. The maximum atomic E-state index is 12.5. The average Bonchev–Trinajstić information content (AvgIpc) is 3.36. The minimum Gasteiger partial charge on any atom is -0.466 e. The minimum atomic E-state index is -0.342. The van der Waals surface area contributed by atoms with E-state index in [-0.39, 0.29) is 24.1 Å². The zero-order valence-electron chi connectivity index (χ0n) is 18.4. The normalized spacial score (nSPS) is 11.0. The van der Waals surface area contributed by atoms with Gasteiger partial charge in [-0.3, -0.25) is 9.59 Å². The van der Waals surface area contributed by atoms with Crippen molar-refractivity contribution in [1.82, 2.24) is 25.0 Å². The molecule has 0 bridgehead atoms. The molecule has 3 aromatic heterocycles. The van der Waals surface area contributed by atoms with E-state index in [1.807, 2.05) is 44.2 Å². The van der Waals surface area contributed by atoms with Gasteiger partial charge in [-0.2, -0.15) is 5.10 Å². The van der Waals surface area contributed by atoms with Crippen molar-refractivity contribution in [2.24, 2.45) is 0 Å². The van der Waals surface area contributed by atoms with Crippen molar-refractivity contribution >= 4 is 50.9 Å². The van der Waals surface area contributed by atoms with Crippen LogP contribution in [0, 0.1) is 13.8 Å². The lowest BCUT2D eigenvalue weighted by Crippen LogP contribution is -2.14. The van der Waals surface area contributed by atoms with Crippen LogP contribution in [0.3, 0.4) is 0 Å². The molecule has 0 atom stereocenters. The first-order valence-corrected chi connectivity index (χ1v) is 12.1. The fourth-order valence-electron chi connectivity index (χ4n) is 3.27. The van der Waals surface area contributed by atoms with Gasteiger partial charge in [-0.25, -0.2) is 9.67 Å². The second kappa shape index (κ2) is 10.1. The summed E-state index contributed by atoms with van der Waals surface area (Å²) < 4.78 is 6.70. The Labute approximate surface area is 198 Å². The van der Waals surface area contributed by atoms with Crippen LogP contribution in [0.4, 0.5) is 5.13 Å². The van der Waals surface area contributed by atoms with Crippen molar-refractivity contribution in [3.63, 3.8) is 0 Å². The van der Waals surface area contributed by atoms with E-state index in [1.165, 1.54) is 23.1 Å². The summed E-state index contributed by atoms with van der Waals surface area (Å²) in [6.07, 6.45) is 0.0815. The van der Waals surface area contributed by atoms with Crippen molar-refractivity contribution in [3.8, 4) is 5.82 Å². The summed E-state index contributed by atoms with van der Waals surface area (Å²) in [5.74, 6) is 0.239. The van der Waals surface area contributed by atoms with E-state index < -0.39 is 0 Å². The van der Waals surface area contributed by atoms with Crippen molar-refractivity contribution in [3.05, 3.63) is 52.8 Å². The van der Waals surface area contributed by atoms with Gasteiger partial charge in [-0.1, -0.05) is 36.0 Å². The maximum Gasteiger partial charge on any atom is 0.311 e. The molecule has 1 N–H and O–H groups in total. The molecule has 0 aliphatic heterocycles. The summed E-state index contributed by atoms with van der Waals surface area (Å²) in [5.41, 5.74) is 2.44. The highest BCUT2D eigenvalue weighted by Crippen LogP contribution is 2.29. The number of rotatable bonds is 8. The average molecular weight is 483 g/mol. The van der Waals surface area contributed by atoms with Crippen LogP contribution in [0.5, 0.6) is 0 Å². The lowest BCUT2D eigenvalue weighted by molar-refractivity contribution is -0.142. The number of esters is 1. The molecule has 0 aliphatic rings. The monoisotopic (exact) mass is 482 g/mol. The van der Waals surface area contributed by atoms with Crippen LogP contribution >= 0.6 is 23.1 Å². The number of carbonyl (C=O) groups is 2. The Kier molecular flexibility index (Phi) is 6.99. The summed E-state index contributed by atoms with van der Waals surface area (Å²) in [4.78, 5) is 28.3. The Morgan fingerprint density at radius 3 is 2.70 bits per heavy atom. The number of anilines is 1. The minimum absolute atomic E-state index is 0.0815. The van der Waals surface area contributed by atoms with Crippen molar-refractivity contribution in [2.45, 2.75) is 32.2 Å². The Bertz CT molecular complexity index is 1320. The van der Waals surface area contributed by atoms with E-state index in [0.29, 0.717) is 28.3 Å². The molecule has 33 heavy (non-hydrogen) atoms. The molecule has 9 nitrogen and oxygen atoms in total. The van der Waals surface area contributed by atoms with Gasteiger partial charge in [0.25, 0.3) is 0 Å².